The summed E-state index contributed by atoms with van der Waals surface area (Å²) in [6.07, 6.45) is 0.468. The SMILES string of the molecule is COc1ccc(Br)c(CC(=O)C2C(C)(C)C2(C)C)c1. The lowest BCUT2D eigenvalue weighted by Gasteiger charge is -2.07. The van der Waals surface area contributed by atoms with Gasteiger partial charge in [0.25, 0.3) is 0 Å². The number of ketones is 1. The van der Waals surface area contributed by atoms with Crippen molar-refractivity contribution >= 4 is 21.7 Å². The molecule has 0 radical (unpaired) electrons. The largest absolute Gasteiger partial charge is 0.497 e. The molecule has 1 aromatic rings. The number of benzene rings is 1. The van der Waals surface area contributed by atoms with E-state index in [1.165, 1.54) is 0 Å². The van der Waals surface area contributed by atoms with E-state index in [0.717, 1.165) is 15.8 Å². The van der Waals surface area contributed by atoms with E-state index in [1.54, 1.807) is 7.11 Å². The second-order valence-corrected chi connectivity index (χ2v) is 7.33. The summed E-state index contributed by atoms with van der Waals surface area (Å²) in [6, 6.07) is 5.76. The molecular weight excluding hydrogens is 304 g/mol. The molecule has 0 bridgehead atoms. The fraction of sp³-hybridized carbons (Fsp3) is 0.562. The lowest BCUT2D eigenvalue weighted by molar-refractivity contribution is -0.120. The van der Waals surface area contributed by atoms with Crippen LogP contribution in [-0.2, 0) is 11.2 Å². The molecule has 1 aromatic carbocycles. The van der Waals surface area contributed by atoms with Crippen LogP contribution in [0.3, 0.4) is 0 Å². The number of hydrogen-bond acceptors (Lipinski definition) is 2. The Labute approximate surface area is 123 Å². The molecule has 2 nitrogen and oxygen atoms in total. The van der Waals surface area contributed by atoms with E-state index in [-0.39, 0.29) is 16.7 Å². The highest BCUT2D eigenvalue weighted by atomic mass is 79.9. The van der Waals surface area contributed by atoms with Gasteiger partial charge in [0.15, 0.2) is 0 Å². The molecule has 1 aliphatic rings. The summed E-state index contributed by atoms with van der Waals surface area (Å²) in [5.41, 5.74) is 1.22. The van der Waals surface area contributed by atoms with Crippen LogP contribution in [0.15, 0.2) is 22.7 Å². The predicted molar refractivity (Wildman–Crippen MR) is 80.5 cm³/mol. The number of ether oxygens (including phenoxy) is 1. The zero-order chi connectivity index (χ0) is 14.4. The Bertz CT molecular complexity index is 503. The maximum Gasteiger partial charge on any atom is 0.141 e. The van der Waals surface area contributed by atoms with Gasteiger partial charge in [0, 0.05) is 16.8 Å². The van der Waals surface area contributed by atoms with Crippen LogP contribution in [0, 0.1) is 16.7 Å². The monoisotopic (exact) mass is 324 g/mol. The third-order valence-corrected chi connectivity index (χ3v) is 5.73. The molecule has 0 N–H and O–H groups in total. The van der Waals surface area contributed by atoms with Gasteiger partial charge in [-0.2, -0.15) is 0 Å². The van der Waals surface area contributed by atoms with E-state index >= 15 is 0 Å². The molecule has 2 rings (SSSR count). The normalized spacial score (nSPS) is 20.1. The number of hydrogen-bond donors (Lipinski definition) is 0. The minimum Gasteiger partial charge on any atom is -0.497 e. The number of halogens is 1. The number of Topliss-reactive ketones (excluding diaryl/α,β-unsaturated/α-hetero) is 1. The predicted octanol–water partition coefficient (Wildman–Crippen LogP) is 4.25. The fourth-order valence-corrected chi connectivity index (χ4v) is 3.49. The summed E-state index contributed by atoms with van der Waals surface area (Å²) in [4.78, 5) is 12.5. The van der Waals surface area contributed by atoms with Crippen LogP contribution in [0.1, 0.15) is 33.3 Å². The van der Waals surface area contributed by atoms with Gasteiger partial charge in [0.2, 0.25) is 0 Å². The highest BCUT2D eigenvalue weighted by Gasteiger charge is 2.67. The minimum atomic E-state index is 0.107. The first-order valence-electron chi connectivity index (χ1n) is 6.57. The molecule has 3 heteroatoms. The minimum absolute atomic E-state index is 0.107. The molecule has 0 aromatic heterocycles. The first-order valence-corrected chi connectivity index (χ1v) is 7.36. The van der Waals surface area contributed by atoms with Crippen LogP contribution in [0.2, 0.25) is 0 Å². The maximum atomic E-state index is 12.5. The zero-order valence-corrected chi connectivity index (χ0v) is 13.8. The molecule has 104 valence electrons. The van der Waals surface area contributed by atoms with Crippen molar-refractivity contribution in [2.24, 2.45) is 16.7 Å². The van der Waals surface area contributed by atoms with E-state index in [4.69, 9.17) is 4.74 Å². The second kappa shape index (κ2) is 4.62. The summed E-state index contributed by atoms with van der Waals surface area (Å²) in [6.45, 7) is 8.71. The van der Waals surface area contributed by atoms with E-state index in [1.807, 2.05) is 18.2 Å². The maximum absolute atomic E-state index is 12.5. The Hall–Kier alpha value is -0.830. The van der Waals surface area contributed by atoms with Crippen molar-refractivity contribution in [2.75, 3.05) is 7.11 Å². The Balaban J connectivity index is 2.17. The average molecular weight is 325 g/mol. The van der Waals surface area contributed by atoms with Gasteiger partial charge in [0.1, 0.15) is 11.5 Å². The topological polar surface area (TPSA) is 26.3 Å². The zero-order valence-electron chi connectivity index (χ0n) is 12.2. The van der Waals surface area contributed by atoms with Gasteiger partial charge in [0.05, 0.1) is 7.11 Å². The van der Waals surface area contributed by atoms with Crippen molar-refractivity contribution in [2.45, 2.75) is 34.1 Å². The highest BCUT2D eigenvalue weighted by Crippen LogP contribution is 2.68. The van der Waals surface area contributed by atoms with Crippen LogP contribution in [-0.4, -0.2) is 12.9 Å². The van der Waals surface area contributed by atoms with Crippen molar-refractivity contribution in [3.8, 4) is 5.75 Å². The molecule has 0 amide bonds. The third-order valence-electron chi connectivity index (χ3n) is 4.96. The van der Waals surface area contributed by atoms with E-state index in [2.05, 4.69) is 43.6 Å². The Kier molecular flexibility index (Phi) is 3.54. The Morgan fingerprint density at radius 2 is 1.84 bits per heavy atom. The molecule has 1 saturated carbocycles. The molecule has 0 aliphatic heterocycles. The molecule has 0 heterocycles. The summed E-state index contributed by atoms with van der Waals surface area (Å²) in [7, 11) is 1.64. The van der Waals surface area contributed by atoms with Crippen LogP contribution in [0.5, 0.6) is 5.75 Å². The molecular formula is C16H21BrO2. The Morgan fingerprint density at radius 1 is 1.26 bits per heavy atom. The first-order chi connectivity index (χ1) is 8.71. The van der Waals surface area contributed by atoms with Crippen molar-refractivity contribution in [3.05, 3.63) is 28.2 Å². The lowest BCUT2D eigenvalue weighted by Crippen LogP contribution is -2.10. The van der Waals surface area contributed by atoms with E-state index < -0.39 is 0 Å². The lowest BCUT2D eigenvalue weighted by atomic mass is 10.0. The quantitative estimate of drug-likeness (QED) is 0.827. The van der Waals surface area contributed by atoms with Gasteiger partial charge >= 0.3 is 0 Å². The van der Waals surface area contributed by atoms with Gasteiger partial charge in [-0.25, -0.2) is 0 Å². The second-order valence-electron chi connectivity index (χ2n) is 6.48. The Morgan fingerprint density at radius 3 is 2.32 bits per heavy atom. The van der Waals surface area contributed by atoms with Gasteiger partial charge in [-0.15, -0.1) is 0 Å². The summed E-state index contributed by atoms with van der Waals surface area (Å²) in [5, 5.41) is 0. The van der Waals surface area contributed by atoms with Crippen LogP contribution < -0.4 is 4.74 Å². The fourth-order valence-electron chi connectivity index (χ4n) is 3.10. The van der Waals surface area contributed by atoms with Crippen LogP contribution in [0.4, 0.5) is 0 Å². The van der Waals surface area contributed by atoms with Crippen molar-refractivity contribution in [3.63, 3.8) is 0 Å². The molecule has 0 atom stereocenters. The van der Waals surface area contributed by atoms with Crippen LogP contribution in [0.25, 0.3) is 0 Å². The smallest absolute Gasteiger partial charge is 0.141 e. The average Bonchev–Trinajstić information content (AvgIpc) is 2.72. The summed E-state index contributed by atoms with van der Waals surface area (Å²) < 4.78 is 6.19. The van der Waals surface area contributed by atoms with Crippen molar-refractivity contribution in [1.82, 2.24) is 0 Å². The van der Waals surface area contributed by atoms with Gasteiger partial charge in [-0.3, -0.25) is 4.79 Å². The standard InChI is InChI=1S/C16H21BrO2/c1-15(2)14(16(15,3)4)13(18)9-10-8-11(19-5)6-7-12(10)17/h6-8,14H,9H2,1-5H3. The summed E-state index contributed by atoms with van der Waals surface area (Å²) in [5.74, 6) is 1.27. The third kappa shape index (κ3) is 2.33. The van der Waals surface area contributed by atoms with E-state index in [9.17, 15) is 4.79 Å². The van der Waals surface area contributed by atoms with Gasteiger partial charge in [-0.1, -0.05) is 43.6 Å². The molecule has 1 fully saturated rings. The van der Waals surface area contributed by atoms with Gasteiger partial charge < -0.3 is 4.74 Å². The molecule has 1 aliphatic carbocycles. The number of carbonyl (C=O) groups excluding carboxylic acids is 1. The summed E-state index contributed by atoms with van der Waals surface area (Å²) >= 11 is 3.51. The molecule has 0 spiro atoms. The van der Waals surface area contributed by atoms with Crippen molar-refractivity contribution < 1.29 is 9.53 Å². The van der Waals surface area contributed by atoms with E-state index in [0.29, 0.717) is 12.2 Å². The van der Waals surface area contributed by atoms with Gasteiger partial charge in [-0.05, 0) is 34.6 Å². The number of rotatable bonds is 4. The highest BCUT2D eigenvalue weighted by molar-refractivity contribution is 9.10. The molecule has 0 unspecified atom stereocenters. The molecule has 19 heavy (non-hydrogen) atoms. The first kappa shape index (κ1) is 14.6. The number of carbonyl (C=O) groups is 1. The van der Waals surface area contributed by atoms with Crippen molar-refractivity contribution in [1.29, 1.82) is 0 Å². The van der Waals surface area contributed by atoms with Crippen LogP contribution >= 0.6 is 15.9 Å². The number of methoxy groups -OCH3 is 1. The molecule has 0 saturated heterocycles.